The van der Waals surface area contributed by atoms with Gasteiger partial charge in [-0.1, -0.05) is 12.1 Å². The third kappa shape index (κ3) is 4.99. The smallest absolute Gasteiger partial charge is 0.394 e. The van der Waals surface area contributed by atoms with Crippen molar-refractivity contribution in [2.75, 3.05) is 5.32 Å². The number of phenolic OH excluding ortho intramolecular Hbond substituents is 1. The molecule has 1 amide bonds. The van der Waals surface area contributed by atoms with E-state index in [2.05, 4.69) is 5.32 Å². The summed E-state index contributed by atoms with van der Waals surface area (Å²) >= 11 is 0. The van der Waals surface area contributed by atoms with Gasteiger partial charge < -0.3 is 25.4 Å². The van der Waals surface area contributed by atoms with Crippen LogP contribution in [-0.4, -0.2) is 27.2 Å². The van der Waals surface area contributed by atoms with Gasteiger partial charge in [-0.15, -0.1) is 0 Å². The van der Waals surface area contributed by atoms with Gasteiger partial charge in [-0.2, -0.15) is 0 Å². The Hall–Kier alpha value is -3.91. The van der Waals surface area contributed by atoms with Crippen LogP contribution in [0.3, 0.4) is 0 Å². The van der Waals surface area contributed by atoms with Crippen LogP contribution in [-0.2, 0) is 9.59 Å². The van der Waals surface area contributed by atoms with E-state index >= 15 is 0 Å². The maximum Gasteiger partial charge on any atom is 0.394 e. The predicted octanol–water partition coefficient (Wildman–Crippen LogP) is 4.05. The third-order valence-electron chi connectivity index (χ3n) is 4.61. The summed E-state index contributed by atoms with van der Waals surface area (Å²) < 4.78 is 19.1. The lowest BCUT2D eigenvalue weighted by Gasteiger charge is -2.17. The summed E-state index contributed by atoms with van der Waals surface area (Å²) in [5, 5.41) is 31.8. The fourth-order valence-corrected chi connectivity index (χ4v) is 3.13. The lowest BCUT2D eigenvalue weighted by atomic mass is 10.0. The van der Waals surface area contributed by atoms with E-state index in [4.69, 9.17) is 9.84 Å². The average molecular weight is 425 g/mol. The molecule has 0 bridgehead atoms. The second-order valence-corrected chi connectivity index (χ2v) is 6.98. The van der Waals surface area contributed by atoms with Crippen LogP contribution in [0.15, 0.2) is 54.6 Å². The molecule has 8 heteroatoms. The van der Waals surface area contributed by atoms with E-state index in [1.54, 1.807) is 26.0 Å². The van der Waals surface area contributed by atoms with Crippen LogP contribution in [0.5, 0.6) is 17.2 Å². The van der Waals surface area contributed by atoms with Crippen molar-refractivity contribution in [3.8, 4) is 17.2 Å². The van der Waals surface area contributed by atoms with Gasteiger partial charge >= 0.3 is 11.9 Å². The Morgan fingerprint density at radius 2 is 1.61 bits per heavy atom. The number of benzene rings is 3. The number of carbonyl (C=O) groups excluding carboxylic acids is 1. The largest absolute Gasteiger partial charge is 0.508 e. The van der Waals surface area contributed by atoms with E-state index < -0.39 is 23.8 Å². The molecule has 0 aliphatic heterocycles. The van der Waals surface area contributed by atoms with Gasteiger partial charge in [0, 0.05) is 11.3 Å². The summed E-state index contributed by atoms with van der Waals surface area (Å²) in [5.41, 5.74) is 2.17. The first-order valence-corrected chi connectivity index (χ1v) is 9.25. The van der Waals surface area contributed by atoms with Crippen molar-refractivity contribution in [2.45, 2.75) is 20.0 Å². The van der Waals surface area contributed by atoms with Crippen LogP contribution in [0.1, 0.15) is 28.4 Å². The first-order valence-electron chi connectivity index (χ1n) is 9.25. The Bertz CT molecular complexity index is 1120. The normalized spacial score (nSPS) is 11.6. The summed E-state index contributed by atoms with van der Waals surface area (Å²) in [5.74, 6) is -2.52. The van der Waals surface area contributed by atoms with E-state index in [1.807, 2.05) is 0 Å². The molecule has 0 fully saturated rings. The molecule has 0 radical (unpaired) electrons. The molecule has 0 spiro atoms. The summed E-state index contributed by atoms with van der Waals surface area (Å²) in [6.45, 7) is 3.46. The van der Waals surface area contributed by atoms with E-state index in [9.17, 15) is 24.2 Å². The Morgan fingerprint density at radius 1 is 1.00 bits per heavy atom. The molecular weight excluding hydrogens is 405 g/mol. The first kappa shape index (κ1) is 21.8. The number of rotatable bonds is 5. The highest BCUT2D eigenvalue weighted by Crippen LogP contribution is 2.36. The van der Waals surface area contributed by atoms with Crippen molar-refractivity contribution in [3.63, 3.8) is 0 Å². The summed E-state index contributed by atoms with van der Waals surface area (Å²) in [6, 6.07) is 12.8. The minimum absolute atomic E-state index is 0.149. The molecule has 0 aliphatic rings. The van der Waals surface area contributed by atoms with Gasteiger partial charge in [0.1, 0.15) is 29.2 Å². The van der Waals surface area contributed by atoms with Gasteiger partial charge in [-0.05, 0) is 73.0 Å². The summed E-state index contributed by atoms with van der Waals surface area (Å²) in [7, 11) is 0. The number of anilines is 1. The lowest BCUT2D eigenvalue weighted by molar-refractivity contribution is -0.147. The molecule has 31 heavy (non-hydrogen) atoms. The summed E-state index contributed by atoms with van der Waals surface area (Å²) in [6.07, 6.45) is -1.19. The van der Waals surface area contributed by atoms with E-state index in [-0.39, 0.29) is 11.3 Å². The molecule has 3 aromatic rings. The number of phenols is 1. The van der Waals surface area contributed by atoms with Gasteiger partial charge in [0.15, 0.2) is 0 Å². The molecule has 0 saturated carbocycles. The number of carboxylic acid groups (broad SMARTS) is 1. The van der Waals surface area contributed by atoms with Crippen LogP contribution in [0.4, 0.5) is 10.1 Å². The third-order valence-corrected chi connectivity index (χ3v) is 4.61. The standard InChI is InChI=1S/C23H20FNO6/c1-12-9-16(25-22(28)23(29)30)10-13(2)21(12)31-17-7-8-19(26)18(11-17)20(27)14-3-5-15(24)6-4-14/h3-11,20,26-27H,1-2H3,(H,25,28)(H,29,30). The van der Waals surface area contributed by atoms with E-state index in [0.717, 1.165) is 0 Å². The molecular formula is C23H20FNO6. The number of nitrogens with one attached hydrogen (secondary N) is 1. The molecule has 3 rings (SSSR count). The number of aryl methyl sites for hydroxylation is 2. The molecule has 0 saturated heterocycles. The predicted molar refractivity (Wildman–Crippen MR) is 111 cm³/mol. The molecule has 0 aliphatic carbocycles. The topological polar surface area (TPSA) is 116 Å². The first-order chi connectivity index (χ1) is 14.7. The van der Waals surface area contributed by atoms with Crippen molar-refractivity contribution < 1.29 is 34.0 Å². The van der Waals surface area contributed by atoms with E-state index in [1.165, 1.54) is 42.5 Å². The molecule has 1 unspecified atom stereocenters. The summed E-state index contributed by atoms with van der Waals surface area (Å²) in [4.78, 5) is 22.1. The fraction of sp³-hybridized carbons (Fsp3) is 0.130. The zero-order chi connectivity index (χ0) is 22.7. The fourth-order valence-electron chi connectivity index (χ4n) is 3.13. The zero-order valence-corrected chi connectivity index (χ0v) is 16.7. The Morgan fingerprint density at radius 3 is 2.19 bits per heavy atom. The molecule has 4 N–H and O–H groups in total. The van der Waals surface area contributed by atoms with Crippen molar-refractivity contribution in [2.24, 2.45) is 0 Å². The Balaban J connectivity index is 1.88. The van der Waals surface area contributed by atoms with Crippen LogP contribution in [0.25, 0.3) is 0 Å². The number of aliphatic carboxylic acids is 1. The Kier molecular flexibility index (Phi) is 6.22. The maximum absolute atomic E-state index is 13.1. The number of aliphatic hydroxyl groups excluding tert-OH is 1. The molecule has 7 nitrogen and oxygen atoms in total. The molecule has 160 valence electrons. The average Bonchev–Trinajstić information content (AvgIpc) is 2.72. The van der Waals surface area contributed by atoms with Crippen molar-refractivity contribution >= 4 is 17.6 Å². The van der Waals surface area contributed by atoms with Crippen LogP contribution >= 0.6 is 0 Å². The SMILES string of the molecule is Cc1cc(NC(=O)C(=O)O)cc(C)c1Oc1ccc(O)c(C(O)c2ccc(F)cc2)c1. The minimum Gasteiger partial charge on any atom is -0.508 e. The van der Waals surface area contributed by atoms with Gasteiger partial charge in [0.25, 0.3) is 0 Å². The second-order valence-electron chi connectivity index (χ2n) is 6.98. The lowest BCUT2D eigenvalue weighted by Crippen LogP contribution is -2.21. The van der Waals surface area contributed by atoms with Gasteiger partial charge in [0.05, 0.1) is 0 Å². The highest BCUT2D eigenvalue weighted by Gasteiger charge is 2.18. The number of amides is 1. The van der Waals surface area contributed by atoms with Gasteiger partial charge in [0.2, 0.25) is 0 Å². The highest BCUT2D eigenvalue weighted by atomic mass is 19.1. The van der Waals surface area contributed by atoms with Gasteiger partial charge in [-0.25, -0.2) is 9.18 Å². The molecule has 1 atom stereocenters. The Labute approximate surface area is 177 Å². The van der Waals surface area contributed by atoms with Crippen molar-refractivity contribution in [1.82, 2.24) is 0 Å². The monoisotopic (exact) mass is 425 g/mol. The van der Waals surface area contributed by atoms with E-state index in [0.29, 0.717) is 33.9 Å². The van der Waals surface area contributed by atoms with Crippen molar-refractivity contribution in [3.05, 3.63) is 82.7 Å². The van der Waals surface area contributed by atoms with Crippen molar-refractivity contribution in [1.29, 1.82) is 0 Å². The number of hydrogen-bond donors (Lipinski definition) is 4. The number of halogens is 1. The highest BCUT2D eigenvalue weighted by molar-refractivity contribution is 6.36. The number of carboxylic acids is 1. The zero-order valence-electron chi connectivity index (χ0n) is 16.7. The second kappa shape index (κ2) is 8.85. The molecule has 0 aromatic heterocycles. The quantitative estimate of drug-likeness (QED) is 0.459. The van der Waals surface area contributed by atoms with Crippen LogP contribution in [0.2, 0.25) is 0 Å². The van der Waals surface area contributed by atoms with Crippen LogP contribution < -0.4 is 10.1 Å². The number of ether oxygens (including phenoxy) is 1. The maximum atomic E-state index is 13.1. The number of hydrogen-bond acceptors (Lipinski definition) is 5. The number of aromatic hydroxyl groups is 1. The molecule has 3 aromatic carbocycles. The minimum atomic E-state index is -1.59. The van der Waals surface area contributed by atoms with Crippen LogP contribution in [0, 0.1) is 19.7 Å². The number of aliphatic hydroxyl groups is 1. The van der Waals surface area contributed by atoms with Gasteiger partial charge in [-0.3, -0.25) is 4.79 Å². The molecule has 0 heterocycles. The number of carbonyl (C=O) groups is 2.